The molecule has 8 atom stereocenters. The Bertz CT molecular complexity index is 1750. The fourth-order valence-corrected chi connectivity index (χ4v) is 7.45. The molecule has 0 aromatic rings. The molecule has 1 fully saturated rings. The average molecular weight is 916 g/mol. The third-order valence-electron chi connectivity index (χ3n) is 8.01. The van der Waals surface area contributed by atoms with Gasteiger partial charge >= 0.3 is 35.4 Å². The number of ether oxygens (including phenoxy) is 2. The van der Waals surface area contributed by atoms with E-state index in [2.05, 4.69) is 57.4 Å². The quantitative estimate of drug-likeness (QED) is 0.0190. The van der Waals surface area contributed by atoms with E-state index >= 15 is 0 Å². The molecular weight excluding hydrogens is 843 g/mol. The number of phosphoric acid groups is 3. The highest BCUT2D eigenvalue weighted by molar-refractivity contribution is 7.47. The van der Waals surface area contributed by atoms with Crippen molar-refractivity contribution in [2.24, 2.45) is 0 Å². The number of unbranched alkanes of at least 4 members (excludes halogenated alkanes) is 12. The number of phosphoric ester groups is 3. The molecule has 0 aromatic carbocycles. The molecule has 0 radical (unpaired) electrons. The minimum absolute atomic E-state index is 0. The van der Waals surface area contributed by atoms with Crippen LogP contribution in [0.3, 0.4) is 0 Å². The van der Waals surface area contributed by atoms with Gasteiger partial charge in [-0.15, -0.1) is 6.42 Å². The molecule has 0 aliphatic heterocycles. The zero-order chi connectivity index (χ0) is 43.6. The van der Waals surface area contributed by atoms with E-state index in [4.69, 9.17) is 24.9 Å². The second-order valence-electron chi connectivity index (χ2n) is 12.8. The molecule has 350 valence electrons. The highest BCUT2D eigenvalue weighted by Crippen LogP contribution is 2.51. The summed E-state index contributed by atoms with van der Waals surface area (Å²) in [6, 6.07) is 0. The van der Waals surface area contributed by atoms with Crippen molar-refractivity contribution < 1.29 is 103 Å². The Labute approximate surface area is 357 Å². The zero-order valence-corrected chi connectivity index (χ0v) is 35.2. The minimum Gasteiger partial charge on any atom is -0.456 e. The number of hydrogen-bond acceptors (Lipinski definition) is 15. The fourth-order valence-electron chi connectivity index (χ4n) is 5.35. The van der Waals surface area contributed by atoms with Crippen molar-refractivity contribution in [3.8, 4) is 59.7 Å². The average Bonchev–Trinajstić information content (AvgIpc) is 3.14. The molecule has 6 unspecified atom stereocenters. The molecule has 23 heteroatoms. The molecule has 59 heavy (non-hydrogen) atoms. The Morgan fingerprint density at radius 2 is 1.03 bits per heavy atom. The van der Waals surface area contributed by atoms with Crippen molar-refractivity contribution in [2.75, 3.05) is 13.2 Å². The lowest BCUT2D eigenvalue weighted by atomic mass is 9.85. The first-order valence-corrected chi connectivity index (χ1v) is 22.9. The highest BCUT2D eigenvalue weighted by Gasteiger charge is 2.56. The summed E-state index contributed by atoms with van der Waals surface area (Å²) in [6.45, 7) is 0.353. The van der Waals surface area contributed by atoms with Gasteiger partial charge in [0.1, 0.15) is 43.2 Å². The van der Waals surface area contributed by atoms with E-state index in [0.717, 1.165) is 25.7 Å². The number of hydrogen-bond donors (Lipinski definition) is 9. The van der Waals surface area contributed by atoms with Crippen molar-refractivity contribution >= 4 is 35.4 Å². The van der Waals surface area contributed by atoms with E-state index in [0.29, 0.717) is 12.8 Å². The Morgan fingerprint density at radius 1 is 0.627 bits per heavy atom. The molecule has 1 aliphatic carbocycles. The van der Waals surface area contributed by atoms with Crippen molar-refractivity contribution in [2.45, 2.75) is 140 Å². The number of rotatable bonds is 26. The Kier molecular flexibility index (Phi) is 28.4. The summed E-state index contributed by atoms with van der Waals surface area (Å²) in [7, 11) is -16.7. The first kappa shape index (κ1) is 55.9. The second kappa shape index (κ2) is 30.0. The summed E-state index contributed by atoms with van der Waals surface area (Å²) in [5, 5.41) is 31.6. The van der Waals surface area contributed by atoms with Crippen LogP contribution >= 0.6 is 23.5 Å². The van der Waals surface area contributed by atoms with Gasteiger partial charge in [0.15, 0.2) is 6.10 Å². The summed E-state index contributed by atoms with van der Waals surface area (Å²) < 4.78 is 64.3. The Balaban J connectivity index is -0.000000420. The maximum absolute atomic E-state index is 13.0. The van der Waals surface area contributed by atoms with Crippen LogP contribution in [0.4, 0.5) is 0 Å². The lowest BCUT2D eigenvalue weighted by molar-refractivity contribution is -0.213. The van der Waals surface area contributed by atoms with Crippen LogP contribution in [0.5, 0.6) is 0 Å². The van der Waals surface area contributed by atoms with Crippen molar-refractivity contribution in [3.63, 3.8) is 0 Å². The number of carbonyl (C=O) groups is 2. The molecule has 0 heterocycles. The third kappa shape index (κ3) is 26.7. The first-order chi connectivity index (χ1) is 27.3. The van der Waals surface area contributed by atoms with Gasteiger partial charge < -0.3 is 55.4 Å². The van der Waals surface area contributed by atoms with Crippen LogP contribution in [0.15, 0.2) is 0 Å². The van der Waals surface area contributed by atoms with Crippen molar-refractivity contribution in [1.82, 2.24) is 6.15 Å². The Hall–Kier alpha value is -3.09. The minimum atomic E-state index is -5.57. The fraction of sp³-hybridized carbons (Fsp3) is 0.667. The SMILES string of the molecule is C#CC#CC#CC#CC#CC(=O)OC[C@H](COP(=O)(O)OC1C(O)C(OP(=O)(O)O)C(O)C(OP(=O)(O)O)[C@@H]1O)OC(=O)CCCCCCCCCCCCCCC.N.[HH].[HH].[HH].[HH].[HH].[HH].[HH].[HH].[HH]. The van der Waals surface area contributed by atoms with E-state index in [1.54, 1.807) is 0 Å². The van der Waals surface area contributed by atoms with E-state index in [-0.39, 0.29) is 25.4 Å². The molecule has 20 nitrogen and oxygen atoms in total. The largest absolute Gasteiger partial charge is 0.472 e. The summed E-state index contributed by atoms with van der Waals surface area (Å²) >= 11 is 0. The van der Waals surface area contributed by atoms with Gasteiger partial charge in [-0.1, -0.05) is 84.0 Å². The maximum Gasteiger partial charge on any atom is 0.472 e. The summed E-state index contributed by atoms with van der Waals surface area (Å²) in [5.74, 6) is 17.9. The molecule has 1 aliphatic rings. The van der Waals surface area contributed by atoms with Gasteiger partial charge in [-0.05, 0) is 53.8 Å². The molecule has 1 rings (SSSR count). The summed E-state index contributed by atoms with van der Waals surface area (Å²) in [6.07, 6.45) is 1.95. The van der Waals surface area contributed by atoms with Gasteiger partial charge in [-0.3, -0.25) is 22.9 Å². The third-order valence-corrected chi connectivity index (χ3v) is 10.0. The van der Waals surface area contributed by atoms with Crippen LogP contribution in [0, 0.1) is 59.7 Å². The number of aliphatic hydroxyl groups excluding tert-OH is 3. The number of terminal acetylenes is 1. The van der Waals surface area contributed by atoms with Gasteiger partial charge in [-0.25, -0.2) is 18.5 Å². The van der Waals surface area contributed by atoms with Gasteiger partial charge in [0.25, 0.3) is 0 Å². The number of aliphatic hydroxyl groups is 3. The Morgan fingerprint density at radius 3 is 1.47 bits per heavy atom. The molecule has 0 spiro atoms. The zero-order valence-electron chi connectivity index (χ0n) is 32.5. The van der Waals surface area contributed by atoms with Crippen LogP contribution in [0.1, 0.15) is 110 Å². The molecule has 11 N–H and O–H groups in total. The molecule has 0 saturated heterocycles. The van der Waals surface area contributed by atoms with Crippen LogP contribution in [-0.2, 0) is 50.9 Å². The maximum atomic E-state index is 13.0. The number of carbonyl (C=O) groups excluding carboxylic acids is 2. The lowest BCUT2D eigenvalue weighted by Crippen LogP contribution is -2.65. The first-order valence-electron chi connectivity index (χ1n) is 18.3. The van der Waals surface area contributed by atoms with Crippen molar-refractivity contribution in [1.29, 1.82) is 0 Å². The van der Waals surface area contributed by atoms with Crippen LogP contribution in [0.2, 0.25) is 0 Å². The predicted octanol–water partition coefficient (Wildman–Crippen LogP) is 4.50. The number of esters is 2. The summed E-state index contributed by atoms with van der Waals surface area (Å²) in [4.78, 5) is 72.2. The van der Waals surface area contributed by atoms with Crippen molar-refractivity contribution in [3.05, 3.63) is 0 Å². The van der Waals surface area contributed by atoms with Crippen LogP contribution < -0.4 is 6.15 Å². The normalized spacial score (nSPS) is 21.4. The van der Waals surface area contributed by atoms with E-state index < -0.39 is 91.3 Å². The van der Waals surface area contributed by atoms with E-state index in [9.17, 15) is 63.1 Å². The van der Waals surface area contributed by atoms with E-state index in [1.807, 2.05) is 11.8 Å². The molecule has 0 amide bonds. The monoisotopic (exact) mass is 915 g/mol. The predicted molar refractivity (Wildman–Crippen MR) is 228 cm³/mol. The second-order valence-corrected chi connectivity index (χ2v) is 16.6. The van der Waals surface area contributed by atoms with Gasteiger partial charge in [-0.2, -0.15) is 0 Å². The van der Waals surface area contributed by atoms with Gasteiger partial charge in [0.2, 0.25) is 0 Å². The molecule has 0 bridgehead atoms. The molecule has 1 saturated carbocycles. The highest BCUT2D eigenvalue weighted by atomic mass is 31.2. The van der Waals surface area contributed by atoms with Gasteiger partial charge in [0.05, 0.1) is 6.61 Å². The van der Waals surface area contributed by atoms with E-state index in [1.165, 1.54) is 44.9 Å². The topological polar surface area (TPSA) is 338 Å². The standard InChI is InChI=1S/C36H51O19P3.H3N.9H2/c1-3-5-7-9-11-13-14-15-16-17-19-21-23-25-30(38)52-28(26-50-29(37)24-22-20-18-12-10-8-6-4-2)27-51-58(48,49)55-36-32(40)34(53-56(42,43)44)31(39)35(33(36)41)54-57(45,46)47;;;;;;;;;;/h2,28,31-36,39-41H,3,5,7,9,11,13-17,19,21,23,25-27H2,1H3,(H,48,49)(H2,42,43,44)(H2,45,46,47);1H3;9*1H/t28-,31?,32+,33?,34?,35?,36?;;;;;;;;;;/m1........../s1. The summed E-state index contributed by atoms with van der Waals surface area (Å²) in [5.41, 5.74) is 0. The lowest BCUT2D eigenvalue weighted by Gasteiger charge is -2.44. The van der Waals surface area contributed by atoms with Crippen LogP contribution in [0.25, 0.3) is 0 Å². The molecular formula is C36H72NO19P3. The van der Waals surface area contributed by atoms with Crippen LogP contribution in [-0.4, -0.2) is 108 Å². The smallest absolute Gasteiger partial charge is 0.456 e. The van der Waals surface area contributed by atoms with Gasteiger partial charge in [0, 0.05) is 25.2 Å². The molecule has 0 aromatic heterocycles.